The van der Waals surface area contributed by atoms with E-state index in [2.05, 4.69) is 5.32 Å². The highest BCUT2D eigenvalue weighted by Crippen LogP contribution is 2.28. The molecule has 0 saturated heterocycles. The molecule has 3 nitrogen and oxygen atoms in total. The van der Waals surface area contributed by atoms with Crippen LogP contribution in [0.2, 0.25) is 4.34 Å². The highest BCUT2D eigenvalue weighted by Gasteiger charge is 2.25. The van der Waals surface area contributed by atoms with Gasteiger partial charge in [0.25, 0.3) is 0 Å². The molecule has 0 spiro atoms. The molecule has 0 saturated carbocycles. The zero-order valence-electron chi connectivity index (χ0n) is 12.3. The monoisotopic (exact) mass is 341 g/mol. The summed E-state index contributed by atoms with van der Waals surface area (Å²) in [7, 11) is 0. The van der Waals surface area contributed by atoms with E-state index in [-0.39, 0.29) is 24.2 Å². The fraction of sp³-hybridized carbons (Fsp3) is 0.312. The van der Waals surface area contributed by atoms with Crippen molar-refractivity contribution in [3.05, 3.63) is 57.0 Å². The molecular weight excluding hydrogens is 325 g/mol. The van der Waals surface area contributed by atoms with Crippen molar-refractivity contribution in [1.29, 1.82) is 0 Å². The van der Waals surface area contributed by atoms with Gasteiger partial charge < -0.3 is 10.4 Å². The number of aliphatic hydroxyl groups is 1. The zero-order chi connectivity index (χ0) is 16.3. The second kappa shape index (κ2) is 6.77. The SMILES string of the molecule is CC(C(=O)NCC(C)(O)c1ccc(F)cc1)c1ccc(Cl)s1. The topological polar surface area (TPSA) is 49.3 Å². The minimum atomic E-state index is -1.27. The van der Waals surface area contributed by atoms with E-state index >= 15 is 0 Å². The summed E-state index contributed by atoms with van der Waals surface area (Å²) in [6.45, 7) is 3.40. The van der Waals surface area contributed by atoms with E-state index in [1.165, 1.54) is 35.6 Å². The first kappa shape index (κ1) is 16.9. The normalized spacial score (nSPS) is 15.1. The van der Waals surface area contributed by atoms with Gasteiger partial charge in [-0.2, -0.15) is 0 Å². The van der Waals surface area contributed by atoms with Gasteiger partial charge in [-0.15, -0.1) is 11.3 Å². The lowest BCUT2D eigenvalue weighted by molar-refractivity contribution is -0.123. The molecule has 1 heterocycles. The van der Waals surface area contributed by atoms with Crippen LogP contribution in [0.5, 0.6) is 0 Å². The fourth-order valence-corrected chi connectivity index (χ4v) is 3.12. The lowest BCUT2D eigenvalue weighted by atomic mass is 9.95. The minimum absolute atomic E-state index is 0.0426. The molecule has 0 aliphatic rings. The number of hydrogen-bond donors (Lipinski definition) is 2. The Kier molecular flexibility index (Phi) is 5.21. The van der Waals surface area contributed by atoms with E-state index in [9.17, 15) is 14.3 Å². The van der Waals surface area contributed by atoms with Crippen LogP contribution in [0.25, 0.3) is 0 Å². The molecule has 2 aromatic rings. The standard InChI is InChI=1S/C16H17ClFNO2S/c1-10(13-7-8-14(17)22-13)15(20)19-9-16(2,21)11-3-5-12(18)6-4-11/h3-8,10,21H,9H2,1-2H3,(H,19,20). The molecular formula is C16H17ClFNO2S. The molecule has 2 atom stereocenters. The van der Waals surface area contributed by atoms with Gasteiger partial charge in [-0.1, -0.05) is 23.7 Å². The first-order chi connectivity index (χ1) is 10.3. The summed E-state index contributed by atoms with van der Waals surface area (Å²) < 4.78 is 13.6. The Balaban J connectivity index is 1.99. The smallest absolute Gasteiger partial charge is 0.228 e. The highest BCUT2D eigenvalue weighted by atomic mass is 35.5. The van der Waals surface area contributed by atoms with Gasteiger partial charge in [0.1, 0.15) is 11.4 Å². The Hall–Kier alpha value is -1.43. The molecule has 0 aliphatic carbocycles. The van der Waals surface area contributed by atoms with E-state index in [1.807, 2.05) is 6.07 Å². The maximum absolute atomic E-state index is 12.9. The molecule has 1 aromatic carbocycles. The Bertz CT molecular complexity index is 654. The van der Waals surface area contributed by atoms with Crippen molar-refractivity contribution < 1.29 is 14.3 Å². The predicted molar refractivity (Wildman–Crippen MR) is 86.7 cm³/mol. The Morgan fingerprint density at radius 2 is 2.00 bits per heavy atom. The number of carbonyl (C=O) groups excluding carboxylic acids is 1. The second-order valence-corrected chi connectivity index (χ2v) is 7.11. The Morgan fingerprint density at radius 3 is 2.55 bits per heavy atom. The van der Waals surface area contributed by atoms with Crippen LogP contribution in [-0.4, -0.2) is 17.6 Å². The van der Waals surface area contributed by atoms with Crippen LogP contribution in [0.3, 0.4) is 0 Å². The number of thiophene rings is 1. The summed E-state index contributed by atoms with van der Waals surface area (Å²) in [5.74, 6) is -0.908. The van der Waals surface area contributed by atoms with E-state index in [4.69, 9.17) is 11.6 Å². The zero-order valence-corrected chi connectivity index (χ0v) is 13.8. The van der Waals surface area contributed by atoms with Gasteiger partial charge in [-0.3, -0.25) is 4.79 Å². The number of halogens is 2. The third-order valence-electron chi connectivity index (χ3n) is 3.49. The van der Waals surface area contributed by atoms with Crippen LogP contribution in [0, 0.1) is 5.82 Å². The number of amides is 1. The summed E-state index contributed by atoms with van der Waals surface area (Å²) in [5, 5.41) is 13.2. The van der Waals surface area contributed by atoms with E-state index in [0.717, 1.165) is 4.88 Å². The number of hydrogen-bond acceptors (Lipinski definition) is 3. The van der Waals surface area contributed by atoms with Crippen LogP contribution in [0.1, 0.15) is 30.2 Å². The van der Waals surface area contributed by atoms with Crippen molar-refractivity contribution in [1.82, 2.24) is 5.32 Å². The van der Waals surface area contributed by atoms with Gasteiger partial charge in [-0.25, -0.2) is 4.39 Å². The fourth-order valence-electron chi connectivity index (χ4n) is 2.01. The predicted octanol–water partition coefficient (Wildman–Crippen LogP) is 3.67. The highest BCUT2D eigenvalue weighted by molar-refractivity contribution is 7.16. The molecule has 1 amide bonds. The van der Waals surface area contributed by atoms with Crippen molar-refractivity contribution in [2.45, 2.75) is 25.4 Å². The molecule has 0 bridgehead atoms. The molecule has 2 N–H and O–H groups in total. The van der Waals surface area contributed by atoms with Crippen LogP contribution in [0.15, 0.2) is 36.4 Å². The van der Waals surface area contributed by atoms with Crippen molar-refractivity contribution in [2.24, 2.45) is 0 Å². The number of nitrogens with one attached hydrogen (secondary N) is 1. The van der Waals surface area contributed by atoms with E-state index < -0.39 is 5.60 Å². The van der Waals surface area contributed by atoms with Crippen molar-refractivity contribution >= 4 is 28.8 Å². The van der Waals surface area contributed by atoms with Gasteiger partial charge in [0.2, 0.25) is 5.91 Å². The average Bonchev–Trinajstić information content (AvgIpc) is 2.91. The largest absolute Gasteiger partial charge is 0.384 e. The summed E-state index contributed by atoms with van der Waals surface area (Å²) in [4.78, 5) is 13.0. The maximum Gasteiger partial charge on any atom is 0.228 e. The molecule has 2 unspecified atom stereocenters. The molecule has 0 aliphatic heterocycles. The lowest BCUT2D eigenvalue weighted by Crippen LogP contribution is -2.40. The first-order valence-electron chi connectivity index (χ1n) is 6.81. The maximum atomic E-state index is 12.9. The van der Waals surface area contributed by atoms with E-state index in [0.29, 0.717) is 9.90 Å². The second-order valence-electron chi connectivity index (χ2n) is 5.36. The van der Waals surface area contributed by atoms with Gasteiger partial charge in [0.15, 0.2) is 0 Å². The first-order valence-corrected chi connectivity index (χ1v) is 8.00. The molecule has 0 fully saturated rings. The van der Waals surface area contributed by atoms with Gasteiger partial charge in [-0.05, 0) is 43.7 Å². The summed E-state index contributed by atoms with van der Waals surface area (Å²) >= 11 is 7.22. The van der Waals surface area contributed by atoms with Crippen molar-refractivity contribution in [3.8, 4) is 0 Å². The summed E-state index contributed by atoms with van der Waals surface area (Å²) in [6, 6.07) is 9.13. The molecule has 118 valence electrons. The molecule has 1 aromatic heterocycles. The van der Waals surface area contributed by atoms with Crippen LogP contribution in [-0.2, 0) is 10.4 Å². The van der Waals surface area contributed by atoms with E-state index in [1.54, 1.807) is 19.9 Å². The molecule has 22 heavy (non-hydrogen) atoms. The van der Waals surface area contributed by atoms with Crippen molar-refractivity contribution in [2.75, 3.05) is 6.54 Å². The van der Waals surface area contributed by atoms with Crippen molar-refractivity contribution in [3.63, 3.8) is 0 Å². The average molecular weight is 342 g/mol. The Morgan fingerprint density at radius 1 is 1.36 bits per heavy atom. The summed E-state index contributed by atoms with van der Waals surface area (Å²) in [5.41, 5.74) is -0.725. The Labute approximate surface area is 137 Å². The molecule has 2 rings (SSSR count). The molecule has 0 radical (unpaired) electrons. The molecule has 6 heteroatoms. The van der Waals surface area contributed by atoms with Crippen LogP contribution < -0.4 is 5.32 Å². The van der Waals surface area contributed by atoms with Gasteiger partial charge >= 0.3 is 0 Å². The number of benzene rings is 1. The summed E-state index contributed by atoms with van der Waals surface area (Å²) in [6.07, 6.45) is 0. The van der Waals surface area contributed by atoms with Gasteiger partial charge in [0, 0.05) is 4.88 Å². The third-order valence-corrected chi connectivity index (χ3v) is 4.90. The van der Waals surface area contributed by atoms with Gasteiger partial charge in [0.05, 0.1) is 16.8 Å². The lowest BCUT2D eigenvalue weighted by Gasteiger charge is -2.25. The van der Waals surface area contributed by atoms with Crippen LogP contribution >= 0.6 is 22.9 Å². The quantitative estimate of drug-likeness (QED) is 0.871. The number of rotatable bonds is 5. The number of carbonyl (C=O) groups is 1. The van der Waals surface area contributed by atoms with Crippen LogP contribution in [0.4, 0.5) is 4.39 Å². The third kappa shape index (κ3) is 4.06. The minimum Gasteiger partial charge on any atom is -0.384 e.